The SMILES string of the molecule is CNC(c1cc(Cl)sc1Cl)c1cccc(Cl)c1C. The topological polar surface area (TPSA) is 12.0 Å². The van der Waals surface area contributed by atoms with Crippen LogP contribution < -0.4 is 5.32 Å². The van der Waals surface area contributed by atoms with Gasteiger partial charge in [0.1, 0.15) is 0 Å². The van der Waals surface area contributed by atoms with Crippen LogP contribution in [0, 0.1) is 6.92 Å². The molecule has 1 atom stereocenters. The molecule has 0 aliphatic heterocycles. The molecule has 96 valence electrons. The van der Waals surface area contributed by atoms with Gasteiger partial charge in [-0.05, 0) is 37.2 Å². The Hall–Kier alpha value is -0.250. The van der Waals surface area contributed by atoms with Crippen molar-refractivity contribution in [3.63, 3.8) is 0 Å². The van der Waals surface area contributed by atoms with Gasteiger partial charge < -0.3 is 5.32 Å². The van der Waals surface area contributed by atoms with Gasteiger partial charge in [0.05, 0.1) is 14.7 Å². The maximum atomic E-state index is 6.22. The van der Waals surface area contributed by atoms with E-state index in [0.717, 1.165) is 21.7 Å². The van der Waals surface area contributed by atoms with Crippen LogP contribution >= 0.6 is 46.1 Å². The van der Waals surface area contributed by atoms with Crippen LogP contribution in [0.15, 0.2) is 24.3 Å². The summed E-state index contributed by atoms with van der Waals surface area (Å²) in [7, 11) is 1.90. The first kappa shape index (κ1) is 14.2. The van der Waals surface area contributed by atoms with Gasteiger partial charge in [0, 0.05) is 10.6 Å². The van der Waals surface area contributed by atoms with Crippen molar-refractivity contribution in [2.45, 2.75) is 13.0 Å². The third kappa shape index (κ3) is 2.68. The van der Waals surface area contributed by atoms with Crippen LogP contribution in [0.25, 0.3) is 0 Å². The van der Waals surface area contributed by atoms with E-state index in [4.69, 9.17) is 34.8 Å². The van der Waals surface area contributed by atoms with Gasteiger partial charge in [0.25, 0.3) is 0 Å². The van der Waals surface area contributed by atoms with E-state index in [0.29, 0.717) is 8.67 Å². The minimum Gasteiger partial charge on any atom is -0.309 e. The van der Waals surface area contributed by atoms with Crippen LogP contribution in [-0.2, 0) is 0 Å². The predicted octanol–water partition coefficient (Wildman–Crippen LogP) is 5.33. The van der Waals surface area contributed by atoms with E-state index >= 15 is 0 Å². The highest BCUT2D eigenvalue weighted by molar-refractivity contribution is 7.20. The highest BCUT2D eigenvalue weighted by Gasteiger charge is 2.20. The first-order chi connectivity index (χ1) is 8.54. The van der Waals surface area contributed by atoms with E-state index < -0.39 is 0 Å². The first-order valence-electron chi connectivity index (χ1n) is 5.41. The molecule has 1 aromatic carbocycles. The minimum atomic E-state index is -0.0000463. The zero-order valence-corrected chi connectivity index (χ0v) is 13.0. The molecule has 1 nitrogen and oxygen atoms in total. The maximum Gasteiger partial charge on any atom is 0.0995 e. The zero-order chi connectivity index (χ0) is 13.3. The van der Waals surface area contributed by atoms with Crippen molar-refractivity contribution in [1.82, 2.24) is 5.32 Å². The molecule has 0 saturated carbocycles. The molecule has 0 fully saturated rings. The standard InChI is InChI=1S/C13H12Cl3NS/c1-7-8(4-3-5-10(7)14)12(17-2)9-6-11(15)18-13(9)16/h3-6,12,17H,1-2H3. The fraction of sp³-hybridized carbons (Fsp3) is 0.231. The fourth-order valence-corrected chi connectivity index (χ4v) is 3.68. The predicted molar refractivity (Wildman–Crippen MR) is 81.4 cm³/mol. The van der Waals surface area contributed by atoms with Gasteiger partial charge in [-0.2, -0.15) is 0 Å². The Labute approximate surface area is 126 Å². The molecule has 2 rings (SSSR count). The van der Waals surface area contributed by atoms with Crippen LogP contribution in [0.5, 0.6) is 0 Å². The fourth-order valence-electron chi connectivity index (χ4n) is 1.97. The Morgan fingerprint density at radius 2 is 1.89 bits per heavy atom. The largest absolute Gasteiger partial charge is 0.309 e. The average Bonchev–Trinajstić information content (AvgIpc) is 2.65. The van der Waals surface area contributed by atoms with Crippen molar-refractivity contribution in [3.8, 4) is 0 Å². The van der Waals surface area contributed by atoms with Crippen LogP contribution in [0.4, 0.5) is 0 Å². The molecule has 0 spiro atoms. The third-order valence-corrected chi connectivity index (χ3v) is 4.83. The lowest BCUT2D eigenvalue weighted by atomic mass is 9.97. The molecule has 2 aromatic rings. The highest BCUT2D eigenvalue weighted by Crippen LogP contribution is 2.38. The molecule has 0 aliphatic carbocycles. The van der Waals surface area contributed by atoms with E-state index in [1.54, 1.807) is 0 Å². The van der Waals surface area contributed by atoms with Gasteiger partial charge in [0.2, 0.25) is 0 Å². The van der Waals surface area contributed by atoms with Crippen LogP contribution in [0.2, 0.25) is 13.7 Å². The molecular weight excluding hydrogens is 309 g/mol. The van der Waals surface area contributed by atoms with Crippen molar-refractivity contribution in [2.75, 3.05) is 7.05 Å². The number of thiophene rings is 1. The van der Waals surface area contributed by atoms with Gasteiger partial charge in [-0.15, -0.1) is 11.3 Å². The molecule has 18 heavy (non-hydrogen) atoms. The molecule has 1 aromatic heterocycles. The van der Waals surface area contributed by atoms with Crippen LogP contribution in [0.3, 0.4) is 0 Å². The summed E-state index contributed by atoms with van der Waals surface area (Å²) < 4.78 is 1.40. The summed E-state index contributed by atoms with van der Waals surface area (Å²) in [4.78, 5) is 0. The summed E-state index contributed by atoms with van der Waals surface area (Å²) in [5, 5.41) is 4.02. The number of rotatable bonds is 3. The second kappa shape index (κ2) is 5.81. The monoisotopic (exact) mass is 319 g/mol. The Morgan fingerprint density at radius 1 is 1.17 bits per heavy atom. The number of nitrogens with one attached hydrogen (secondary N) is 1. The highest BCUT2D eigenvalue weighted by atomic mass is 35.5. The van der Waals surface area contributed by atoms with Gasteiger partial charge in [-0.25, -0.2) is 0 Å². The quantitative estimate of drug-likeness (QED) is 0.806. The Kier molecular flexibility index (Phi) is 4.57. The normalized spacial score (nSPS) is 12.7. The summed E-state index contributed by atoms with van der Waals surface area (Å²) in [5.41, 5.74) is 3.15. The average molecular weight is 321 g/mol. The maximum absolute atomic E-state index is 6.22. The molecule has 0 radical (unpaired) electrons. The lowest BCUT2D eigenvalue weighted by Crippen LogP contribution is -2.18. The summed E-state index contributed by atoms with van der Waals surface area (Å²) in [6.45, 7) is 2.00. The minimum absolute atomic E-state index is 0.0000463. The van der Waals surface area contributed by atoms with Gasteiger partial charge in [-0.3, -0.25) is 0 Å². The van der Waals surface area contributed by atoms with Crippen molar-refractivity contribution in [3.05, 3.63) is 54.7 Å². The Bertz CT molecular complexity index is 565. The van der Waals surface area contributed by atoms with E-state index in [1.165, 1.54) is 11.3 Å². The molecular formula is C13H12Cl3NS. The second-order valence-corrected chi connectivity index (χ2v) is 6.65. The van der Waals surface area contributed by atoms with E-state index in [9.17, 15) is 0 Å². The third-order valence-electron chi connectivity index (χ3n) is 2.90. The Morgan fingerprint density at radius 3 is 2.44 bits per heavy atom. The van der Waals surface area contributed by atoms with E-state index in [1.807, 2.05) is 38.2 Å². The summed E-state index contributed by atoms with van der Waals surface area (Å²) in [6, 6.07) is 7.77. The van der Waals surface area contributed by atoms with Crippen molar-refractivity contribution < 1.29 is 0 Å². The van der Waals surface area contributed by atoms with E-state index in [2.05, 4.69) is 5.32 Å². The molecule has 1 unspecified atom stereocenters. The summed E-state index contributed by atoms with van der Waals surface area (Å²) >= 11 is 19.8. The molecule has 0 saturated heterocycles. The van der Waals surface area contributed by atoms with Crippen molar-refractivity contribution in [1.29, 1.82) is 0 Å². The molecule has 0 bridgehead atoms. The lowest BCUT2D eigenvalue weighted by molar-refractivity contribution is 0.690. The molecule has 1 N–H and O–H groups in total. The van der Waals surface area contributed by atoms with Crippen LogP contribution in [-0.4, -0.2) is 7.05 Å². The zero-order valence-electron chi connectivity index (χ0n) is 9.93. The van der Waals surface area contributed by atoms with E-state index in [-0.39, 0.29) is 6.04 Å². The molecule has 1 heterocycles. The summed E-state index contributed by atoms with van der Waals surface area (Å²) in [6.07, 6.45) is 0. The number of hydrogen-bond donors (Lipinski definition) is 1. The number of benzene rings is 1. The molecule has 5 heteroatoms. The smallest absolute Gasteiger partial charge is 0.0995 e. The van der Waals surface area contributed by atoms with Gasteiger partial charge >= 0.3 is 0 Å². The number of hydrogen-bond acceptors (Lipinski definition) is 2. The first-order valence-corrected chi connectivity index (χ1v) is 7.36. The second-order valence-electron chi connectivity index (χ2n) is 3.96. The van der Waals surface area contributed by atoms with Crippen LogP contribution in [0.1, 0.15) is 22.7 Å². The van der Waals surface area contributed by atoms with Crippen molar-refractivity contribution >= 4 is 46.1 Å². The number of halogens is 3. The molecule has 0 aliphatic rings. The van der Waals surface area contributed by atoms with Crippen molar-refractivity contribution in [2.24, 2.45) is 0 Å². The van der Waals surface area contributed by atoms with Gasteiger partial charge in [-0.1, -0.05) is 46.9 Å². The lowest BCUT2D eigenvalue weighted by Gasteiger charge is -2.19. The Balaban J connectivity index is 2.52. The summed E-state index contributed by atoms with van der Waals surface area (Å²) in [5.74, 6) is 0. The van der Waals surface area contributed by atoms with Gasteiger partial charge in [0.15, 0.2) is 0 Å². The molecule has 0 amide bonds.